The standard InChI is InChI=1S/C15H23N5O/c1-18-8-5-13-12(9-18)15(17-11-16-13)19(2)10-14(21)20-6-3-4-7-20/h11H,3-10H2,1-2H3. The molecule has 0 aromatic carbocycles. The van der Waals surface area contributed by atoms with Gasteiger partial charge in [0.15, 0.2) is 0 Å². The molecule has 2 aliphatic heterocycles. The van der Waals surface area contributed by atoms with Crippen LogP contribution in [0.25, 0.3) is 0 Å². The fraction of sp³-hybridized carbons (Fsp3) is 0.667. The van der Waals surface area contributed by atoms with E-state index in [2.05, 4.69) is 21.9 Å². The van der Waals surface area contributed by atoms with Gasteiger partial charge in [-0.05, 0) is 19.9 Å². The van der Waals surface area contributed by atoms with E-state index in [1.54, 1.807) is 6.33 Å². The molecule has 1 saturated heterocycles. The van der Waals surface area contributed by atoms with Gasteiger partial charge < -0.3 is 14.7 Å². The van der Waals surface area contributed by atoms with Crippen molar-refractivity contribution in [1.29, 1.82) is 0 Å². The Balaban J connectivity index is 1.75. The molecule has 1 fully saturated rings. The van der Waals surface area contributed by atoms with Gasteiger partial charge in [0.25, 0.3) is 0 Å². The Hall–Kier alpha value is -1.69. The minimum Gasteiger partial charge on any atom is -0.350 e. The highest BCUT2D eigenvalue weighted by Crippen LogP contribution is 2.24. The first-order valence-electron chi connectivity index (χ1n) is 7.65. The number of hydrogen-bond acceptors (Lipinski definition) is 5. The van der Waals surface area contributed by atoms with Crippen molar-refractivity contribution in [2.45, 2.75) is 25.8 Å². The van der Waals surface area contributed by atoms with Crippen LogP contribution in [0.2, 0.25) is 0 Å². The van der Waals surface area contributed by atoms with Crippen molar-refractivity contribution in [3.8, 4) is 0 Å². The molecule has 21 heavy (non-hydrogen) atoms. The molecular formula is C15H23N5O. The van der Waals surface area contributed by atoms with Gasteiger partial charge in [0.2, 0.25) is 5.91 Å². The lowest BCUT2D eigenvalue weighted by molar-refractivity contribution is -0.128. The summed E-state index contributed by atoms with van der Waals surface area (Å²) in [5.41, 5.74) is 2.29. The molecule has 3 rings (SSSR count). The van der Waals surface area contributed by atoms with E-state index in [0.29, 0.717) is 6.54 Å². The highest BCUT2D eigenvalue weighted by Gasteiger charge is 2.24. The van der Waals surface area contributed by atoms with Gasteiger partial charge in [0.05, 0.1) is 12.2 Å². The Labute approximate surface area is 125 Å². The highest BCUT2D eigenvalue weighted by atomic mass is 16.2. The zero-order valence-electron chi connectivity index (χ0n) is 12.9. The van der Waals surface area contributed by atoms with E-state index in [-0.39, 0.29) is 5.91 Å². The molecule has 1 amide bonds. The van der Waals surface area contributed by atoms with Crippen molar-refractivity contribution < 1.29 is 4.79 Å². The molecule has 0 atom stereocenters. The van der Waals surface area contributed by atoms with Crippen molar-refractivity contribution in [3.05, 3.63) is 17.6 Å². The summed E-state index contributed by atoms with van der Waals surface area (Å²) in [6.45, 7) is 4.08. The molecule has 0 radical (unpaired) electrons. The van der Waals surface area contributed by atoms with Crippen LogP contribution in [-0.2, 0) is 17.8 Å². The van der Waals surface area contributed by atoms with Crippen LogP contribution in [0, 0.1) is 0 Å². The van der Waals surface area contributed by atoms with Crippen molar-refractivity contribution >= 4 is 11.7 Å². The van der Waals surface area contributed by atoms with Crippen LogP contribution >= 0.6 is 0 Å². The van der Waals surface area contributed by atoms with Crippen molar-refractivity contribution in [2.24, 2.45) is 0 Å². The molecule has 1 aromatic heterocycles. The van der Waals surface area contributed by atoms with Crippen LogP contribution in [0.1, 0.15) is 24.1 Å². The molecule has 0 saturated carbocycles. The number of anilines is 1. The Morgan fingerprint density at radius 1 is 1.29 bits per heavy atom. The largest absolute Gasteiger partial charge is 0.350 e. The van der Waals surface area contributed by atoms with Gasteiger partial charge in [-0.1, -0.05) is 0 Å². The number of aromatic nitrogens is 2. The van der Waals surface area contributed by atoms with Gasteiger partial charge >= 0.3 is 0 Å². The second-order valence-corrected chi connectivity index (χ2v) is 6.05. The van der Waals surface area contributed by atoms with Crippen LogP contribution in [-0.4, -0.2) is 65.9 Å². The second-order valence-electron chi connectivity index (χ2n) is 6.05. The molecule has 1 aromatic rings. The summed E-state index contributed by atoms with van der Waals surface area (Å²) >= 11 is 0. The smallest absolute Gasteiger partial charge is 0.242 e. The lowest BCUT2D eigenvalue weighted by atomic mass is 10.1. The Morgan fingerprint density at radius 3 is 2.81 bits per heavy atom. The number of likely N-dealkylation sites (tertiary alicyclic amines) is 1. The first-order chi connectivity index (χ1) is 10.1. The van der Waals surface area contributed by atoms with Crippen molar-refractivity contribution in [1.82, 2.24) is 19.8 Å². The Morgan fingerprint density at radius 2 is 2.05 bits per heavy atom. The molecule has 0 bridgehead atoms. The predicted octanol–water partition coefficient (Wildman–Crippen LogP) is 0.523. The summed E-state index contributed by atoms with van der Waals surface area (Å²) in [6.07, 6.45) is 4.83. The molecule has 6 nitrogen and oxygen atoms in total. The highest BCUT2D eigenvalue weighted by molar-refractivity contribution is 5.81. The van der Waals surface area contributed by atoms with Crippen LogP contribution in [0.3, 0.4) is 0 Å². The number of likely N-dealkylation sites (N-methyl/N-ethyl adjacent to an activating group) is 2. The molecule has 114 valence electrons. The first-order valence-corrected chi connectivity index (χ1v) is 7.65. The van der Waals surface area contributed by atoms with E-state index in [9.17, 15) is 4.79 Å². The molecular weight excluding hydrogens is 266 g/mol. The topological polar surface area (TPSA) is 52.6 Å². The number of amides is 1. The number of hydrogen-bond donors (Lipinski definition) is 0. The van der Waals surface area contributed by atoms with Crippen LogP contribution in [0.5, 0.6) is 0 Å². The summed E-state index contributed by atoms with van der Waals surface area (Å²) in [5, 5.41) is 0. The average molecular weight is 289 g/mol. The lowest BCUT2D eigenvalue weighted by Crippen LogP contribution is -2.38. The van der Waals surface area contributed by atoms with Crippen molar-refractivity contribution in [3.63, 3.8) is 0 Å². The number of fused-ring (bicyclic) bond motifs is 1. The fourth-order valence-corrected chi connectivity index (χ4v) is 3.13. The van der Waals surface area contributed by atoms with Gasteiger partial charge in [-0.2, -0.15) is 0 Å². The van der Waals surface area contributed by atoms with Gasteiger partial charge in [-0.3, -0.25) is 4.79 Å². The molecule has 2 aliphatic rings. The first kappa shape index (κ1) is 14.3. The maximum Gasteiger partial charge on any atom is 0.242 e. The molecule has 0 N–H and O–H groups in total. The average Bonchev–Trinajstić information content (AvgIpc) is 3.00. The van der Waals surface area contributed by atoms with E-state index in [0.717, 1.165) is 57.0 Å². The minimum absolute atomic E-state index is 0.200. The van der Waals surface area contributed by atoms with E-state index >= 15 is 0 Å². The maximum atomic E-state index is 12.3. The normalized spacial score (nSPS) is 18.7. The zero-order valence-corrected chi connectivity index (χ0v) is 12.9. The SMILES string of the molecule is CN1CCc2ncnc(N(C)CC(=O)N3CCCC3)c2C1. The minimum atomic E-state index is 0.200. The summed E-state index contributed by atoms with van der Waals surface area (Å²) in [7, 11) is 4.06. The summed E-state index contributed by atoms with van der Waals surface area (Å²) in [4.78, 5) is 27.3. The fourth-order valence-electron chi connectivity index (χ4n) is 3.13. The van der Waals surface area contributed by atoms with Gasteiger partial charge in [0.1, 0.15) is 12.1 Å². The van der Waals surface area contributed by atoms with Crippen molar-refractivity contribution in [2.75, 3.05) is 45.2 Å². The Kier molecular flexibility index (Phi) is 4.05. The summed E-state index contributed by atoms with van der Waals surface area (Å²) in [5.74, 6) is 1.10. The molecule has 0 spiro atoms. The molecule has 3 heterocycles. The second kappa shape index (κ2) is 5.97. The Bertz CT molecular complexity index is 527. The van der Waals surface area contributed by atoms with E-state index in [1.807, 2.05) is 16.8 Å². The zero-order chi connectivity index (χ0) is 14.8. The molecule has 0 aliphatic carbocycles. The van der Waals surface area contributed by atoms with E-state index in [4.69, 9.17) is 0 Å². The van der Waals surface area contributed by atoms with Crippen LogP contribution in [0.4, 0.5) is 5.82 Å². The maximum absolute atomic E-state index is 12.3. The third kappa shape index (κ3) is 3.00. The van der Waals surface area contributed by atoms with Crippen LogP contribution in [0.15, 0.2) is 6.33 Å². The number of carbonyl (C=O) groups excluding carboxylic acids is 1. The third-order valence-corrected chi connectivity index (χ3v) is 4.36. The number of rotatable bonds is 3. The van der Waals surface area contributed by atoms with E-state index in [1.165, 1.54) is 5.56 Å². The third-order valence-electron chi connectivity index (χ3n) is 4.36. The predicted molar refractivity (Wildman–Crippen MR) is 81.2 cm³/mol. The van der Waals surface area contributed by atoms with Gasteiger partial charge in [0, 0.05) is 45.2 Å². The van der Waals surface area contributed by atoms with E-state index < -0.39 is 0 Å². The van der Waals surface area contributed by atoms with Gasteiger partial charge in [-0.15, -0.1) is 0 Å². The molecule has 0 unspecified atom stereocenters. The quantitative estimate of drug-likeness (QED) is 0.812. The van der Waals surface area contributed by atoms with Gasteiger partial charge in [-0.25, -0.2) is 9.97 Å². The number of nitrogens with zero attached hydrogens (tertiary/aromatic N) is 5. The monoisotopic (exact) mass is 289 g/mol. The summed E-state index contributed by atoms with van der Waals surface area (Å²) < 4.78 is 0. The lowest BCUT2D eigenvalue weighted by Gasteiger charge is -2.29. The number of carbonyl (C=O) groups is 1. The van der Waals surface area contributed by atoms with Crippen LogP contribution < -0.4 is 4.90 Å². The molecule has 6 heteroatoms. The summed E-state index contributed by atoms with van der Waals surface area (Å²) in [6, 6.07) is 0.